The number of ether oxygens (including phenoxy) is 1. The highest BCUT2D eigenvalue weighted by Crippen LogP contribution is 2.28. The largest absolute Gasteiger partial charge is 0.495 e. The summed E-state index contributed by atoms with van der Waals surface area (Å²) in [6, 6.07) is 11.4. The third kappa shape index (κ3) is 3.13. The van der Waals surface area contributed by atoms with Gasteiger partial charge >= 0.3 is 0 Å². The molecule has 1 heterocycles. The maximum Gasteiger partial charge on any atom is 0.255 e. The SMILES string of the molecule is COc1ccccc1Nc1ncccc1C(=O)NC1CC1. The molecule has 21 heavy (non-hydrogen) atoms. The number of nitrogens with one attached hydrogen (secondary N) is 2. The van der Waals surface area contributed by atoms with Gasteiger partial charge in [-0.3, -0.25) is 4.79 Å². The van der Waals surface area contributed by atoms with Gasteiger partial charge in [-0.2, -0.15) is 0 Å². The molecule has 1 amide bonds. The van der Waals surface area contributed by atoms with Crippen LogP contribution in [0.4, 0.5) is 11.5 Å². The summed E-state index contributed by atoms with van der Waals surface area (Å²) in [4.78, 5) is 16.5. The Morgan fingerprint density at radius 3 is 2.81 bits per heavy atom. The second-order valence-electron chi connectivity index (χ2n) is 4.97. The molecule has 0 unspecified atom stereocenters. The summed E-state index contributed by atoms with van der Waals surface area (Å²) < 4.78 is 5.30. The molecule has 0 saturated heterocycles. The fourth-order valence-electron chi connectivity index (χ4n) is 2.05. The molecule has 5 nitrogen and oxygen atoms in total. The van der Waals surface area contributed by atoms with Gasteiger partial charge in [0.25, 0.3) is 5.91 Å². The van der Waals surface area contributed by atoms with Crippen LogP contribution in [-0.2, 0) is 0 Å². The number of nitrogens with zero attached hydrogens (tertiary/aromatic N) is 1. The van der Waals surface area contributed by atoms with Crippen LogP contribution >= 0.6 is 0 Å². The second-order valence-corrected chi connectivity index (χ2v) is 4.97. The summed E-state index contributed by atoms with van der Waals surface area (Å²) in [6.45, 7) is 0. The van der Waals surface area contributed by atoms with Crippen molar-refractivity contribution in [3.05, 3.63) is 48.2 Å². The first-order chi connectivity index (χ1) is 10.3. The number of pyridine rings is 1. The molecule has 1 saturated carbocycles. The smallest absolute Gasteiger partial charge is 0.255 e. The van der Waals surface area contributed by atoms with E-state index in [2.05, 4.69) is 15.6 Å². The highest BCUT2D eigenvalue weighted by molar-refractivity contribution is 5.99. The number of anilines is 2. The Kier molecular flexibility index (Phi) is 3.73. The van der Waals surface area contributed by atoms with Crippen molar-refractivity contribution < 1.29 is 9.53 Å². The van der Waals surface area contributed by atoms with Crippen LogP contribution in [0.15, 0.2) is 42.6 Å². The summed E-state index contributed by atoms with van der Waals surface area (Å²) in [7, 11) is 1.61. The maximum atomic E-state index is 12.2. The topological polar surface area (TPSA) is 63.2 Å². The number of carbonyl (C=O) groups is 1. The first-order valence-corrected chi connectivity index (χ1v) is 6.94. The lowest BCUT2D eigenvalue weighted by Crippen LogP contribution is -2.26. The molecular formula is C16H17N3O2. The van der Waals surface area contributed by atoms with Crippen molar-refractivity contribution in [3.8, 4) is 5.75 Å². The van der Waals surface area contributed by atoms with Crippen molar-refractivity contribution in [3.63, 3.8) is 0 Å². The average Bonchev–Trinajstić information content (AvgIpc) is 3.32. The van der Waals surface area contributed by atoms with Crippen molar-refractivity contribution in [1.82, 2.24) is 10.3 Å². The van der Waals surface area contributed by atoms with Gasteiger partial charge in [-0.25, -0.2) is 4.98 Å². The minimum absolute atomic E-state index is 0.0944. The zero-order valence-corrected chi connectivity index (χ0v) is 11.8. The van der Waals surface area contributed by atoms with Crippen molar-refractivity contribution in [2.24, 2.45) is 0 Å². The Morgan fingerprint density at radius 1 is 1.24 bits per heavy atom. The lowest BCUT2D eigenvalue weighted by Gasteiger charge is -2.13. The van der Waals surface area contributed by atoms with E-state index in [0.29, 0.717) is 23.2 Å². The molecule has 2 aromatic rings. The first-order valence-electron chi connectivity index (χ1n) is 6.94. The van der Waals surface area contributed by atoms with E-state index in [1.165, 1.54) is 0 Å². The van der Waals surface area contributed by atoms with Crippen LogP contribution in [0.5, 0.6) is 5.75 Å². The highest BCUT2D eigenvalue weighted by Gasteiger charge is 2.25. The number of rotatable bonds is 5. The minimum Gasteiger partial charge on any atom is -0.495 e. The predicted octanol–water partition coefficient (Wildman–Crippen LogP) is 2.73. The zero-order valence-electron chi connectivity index (χ0n) is 11.8. The molecule has 0 aliphatic heterocycles. The Labute approximate surface area is 123 Å². The molecule has 3 rings (SSSR count). The molecule has 2 N–H and O–H groups in total. The molecule has 1 aromatic carbocycles. The fourth-order valence-corrected chi connectivity index (χ4v) is 2.05. The number of para-hydroxylation sites is 2. The Balaban J connectivity index is 1.86. The fraction of sp³-hybridized carbons (Fsp3) is 0.250. The molecule has 5 heteroatoms. The number of carbonyl (C=O) groups excluding carboxylic acids is 1. The number of hydrogen-bond donors (Lipinski definition) is 2. The van der Waals surface area contributed by atoms with Gasteiger partial charge in [0.2, 0.25) is 0 Å². The number of hydrogen-bond acceptors (Lipinski definition) is 4. The van der Waals surface area contributed by atoms with E-state index in [-0.39, 0.29) is 5.91 Å². The Hall–Kier alpha value is -2.56. The molecule has 1 aliphatic carbocycles. The molecule has 1 aliphatic rings. The lowest BCUT2D eigenvalue weighted by atomic mass is 10.2. The van der Waals surface area contributed by atoms with Crippen LogP contribution in [0.1, 0.15) is 23.2 Å². The van der Waals surface area contributed by atoms with Crippen LogP contribution in [0.3, 0.4) is 0 Å². The number of aromatic nitrogens is 1. The number of benzene rings is 1. The average molecular weight is 283 g/mol. The molecule has 0 spiro atoms. The molecule has 1 aromatic heterocycles. The Bertz CT molecular complexity index is 653. The van der Waals surface area contributed by atoms with Crippen molar-refractivity contribution in [2.45, 2.75) is 18.9 Å². The Morgan fingerprint density at radius 2 is 2.05 bits per heavy atom. The third-order valence-corrected chi connectivity index (χ3v) is 3.32. The van der Waals surface area contributed by atoms with Gasteiger partial charge in [0.15, 0.2) is 0 Å². The van der Waals surface area contributed by atoms with E-state index < -0.39 is 0 Å². The predicted molar refractivity (Wildman–Crippen MR) is 81.0 cm³/mol. The van der Waals surface area contributed by atoms with Crippen LogP contribution < -0.4 is 15.4 Å². The molecule has 0 atom stereocenters. The van der Waals surface area contributed by atoms with Crippen molar-refractivity contribution in [2.75, 3.05) is 12.4 Å². The molecule has 108 valence electrons. The summed E-state index contributed by atoms with van der Waals surface area (Å²) in [5.74, 6) is 1.14. The number of methoxy groups -OCH3 is 1. The molecule has 0 radical (unpaired) electrons. The van der Waals surface area contributed by atoms with Gasteiger partial charge in [0.05, 0.1) is 18.4 Å². The van der Waals surface area contributed by atoms with E-state index >= 15 is 0 Å². The van der Waals surface area contributed by atoms with E-state index in [9.17, 15) is 4.79 Å². The van der Waals surface area contributed by atoms with E-state index in [4.69, 9.17) is 4.74 Å². The van der Waals surface area contributed by atoms with E-state index in [1.807, 2.05) is 24.3 Å². The minimum atomic E-state index is -0.0944. The summed E-state index contributed by atoms with van der Waals surface area (Å²) in [5.41, 5.74) is 1.31. The molecule has 1 fully saturated rings. The monoisotopic (exact) mass is 283 g/mol. The quantitative estimate of drug-likeness (QED) is 0.885. The molecule has 0 bridgehead atoms. The van der Waals surface area contributed by atoms with Gasteiger partial charge in [0, 0.05) is 12.2 Å². The zero-order chi connectivity index (χ0) is 14.7. The van der Waals surface area contributed by atoms with Gasteiger partial charge in [0.1, 0.15) is 11.6 Å². The summed E-state index contributed by atoms with van der Waals surface area (Å²) in [6.07, 6.45) is 3.77. The van der Waals surface area contributed by atoms with Crippen LogP contribution in [0, 0.1) is 0 Å². The summed E-state index contributed by atoms with van der Waals surface area (Å²) in [5, 5.41) is 6.14. The van der Waals surface area contributed by atoms with Gasteiger partial charge in [-0.1, -0.05) is 12.1 Å². The van der Waals surface area contributed by atoms with Gasteiger partial charge < -0.3 is 15.4 Å². The number of amides is 1. The van der Waals surface area contributed by atoms with Gasteiger partial charge in [-0.15, -0.1) is 0 Å². The van der Waals surface area contributed by atoms with Crippen molar-refractivity contribution in [1.29, 1.82) is 0 Å². The van der Waals surface area contributed by atoms with Crippen LogP contribution in [0.25, 0.3) is 0 Å². The van der Waals surface area contributed by atoms with Gasteiger partial charge in [-0.05, 0) is 37.1 Å². The second kappa shape index (κ2) is 5.83. The maximum absolute atomic E-state index is 12.2. The van der Waals surface area contributed by atoms with E-state index in [1.54, 1.807) is 25.4 Å². The van der Waals surface area contributed by atoms with Crippen molar-refractivity contribution >= 4 is 17.4 Å². The highest BCUT2D eigenvalue weighted by atomic mass is 16.5. The normalized spacial score (nSPS) is 13.6. The standard InChI is InChI=1S/C16H17N3O2/c1-21-14-7-3-2-6-13(14)19-15-12(5-4-10-17-15)16(20)18-11-8-9-11/h2-7,10-11H,8-9H2,1H3,(H,17,19)(H,18,20). The van der Waals surface area contributed by atoms with E-state index in [0.717, 1.165) is 18.5 Å². The molecular weight excluding hydrogens is 266 g/mol. The third-order valence-electron chi connectivity index (χ3n) is 3.32. The first kappa shape index (κ1) is 13.4. The van der Waals surface area contributed by atoms with Crippen LogP contribution in [0.2, 0.25) is 0 Å². The summed E-state index contributed by atoms with van der Waals surface area (Å²) >= 11 is 0. The van der Waals surface area contributed by atoms with Crippen LogP contribution in [-0.4, -0.2) is 24.0 Å². The lowest BCUT2D eigenvalue weighted by molar-refractivity contribution is 0.0951.